The molecular formula is C18H23ClN4O. The maximum absolute atomic E-state index is 10.4. The number of halogens is 1. The van der Waals surface area contributed by atoms with Crippen molar-refractivity contribution in [3.63, 3.8) is 0 Å². The second-order valence-corrected chi connectivity index (χ2v) is 7.21. The minimum Gasteiger partial charge on any atom is -0.389 e. The number of fused-ring (bicyclic) bond motifs is 3. The highest BCUT2D eigenvalue weighted by atomic mass is 35.5. The molecular weight excluding hydrogens is 324 g/mol. The number of hydrogen-bond acceptors (Lipinski definition) is 4. The minimum absolute atomic E-state index is 0.393. The summed E-state index contributed by atoms with van der Waals surface area (Å²) in [4.78, 5) is 11.3. The fourth-order valence-corrected chi connectivity index (χ4v) is 3.27. The molecule has 1 aromatic carbocycles. The van der Waals surface area contributed by atoms with Crippen molar-refractivity contribution < 1.29 is 5.11 Å². The van der Waals surface area contributed by atoms with E-state index in [0.717, 1.165) is 35.3 Å². The molecule has 0 aliphatic carbocycles. The van der Waals surface area contributed by atoms with Gasteiger partial charge in [0.05, 0.1) is 23.2 Å². The summed E-state index contributed by atoms with van der Waals surface area (Å²) in [5.74, 6) is 0.800. The first-order valence-corrected chi connectivity index (χ1v) is 8.57. The smallest absolute Gasteiger partial charge is 0.206 e. The van der Waals surface area contributed by atoms with Crippen molar-refractivity contribution in [2.45, 2.75) is 39.3 Å². The lowest BCUT2D eigenvalue weighted by atomic mass is 10.1. The van der Waals surface area contributed by atoms with Crippen molar-refractivity contribution in [1.82, 2.24) is 14.5 Å². The summed E-state index contributed by atoms with van der Waals surface area (Å²) >= 11 is 6.41. The Kier molecular flexibility index (Phi) is 4.40. The molecule has 0 aliphatic rings. The third kappa shape index (κ3) is 3.06. The van der Waals surface area contributed by atoms with E-state index in [1.165, 1.54) is 0 Å². The van der Waals surface area contributed by atoms with Gasteiger partial charge in [-0.1, -0.05) is 36.7 Å². The second kappa shape index (κ2) is 6.22. The minimum atomic E-state index is -0.869. The number of aromatic nitrogens is 3. The van der Waals surface area contributed by atoms with E-state index < -0.39 is 5.60 Å². The monoisotopic (exact) mass is 346 g/mol. The van der Waals surface area contributed by atoms with Gasteiger partial charge in [0.2, 0.25) is 5.95 Å². The van der Waals surface area contributed by atoms with Crippen molar-refractivity contribution in [3.8, 4) is 0 Å². The molecule has 0 aliphatic heterocycles. The largest absolute Gasteiger partial charge is 0.389 e. The topological polar surface area (TPSA) is 54.2 Å². The molecule has 0 amide bonds. The van der Waals surface area contributed by atoms with Crippen molar-refractivity contribution in [2.75, 3.05) is 18.5 Å². The lowest BCUT2D eigenvalue weighted by molar-refractivity contribution is 0.0631. The zero-order valence-corrected chi connectivity index (χ0v) is 15.3. The van der Waals surface area contributed by atoms with Crippen LogP contribution in [0.4, 0.5) is 5.95 Å². The zero-order chi connectivity index (χ0) is 17.5. The van der Waals surface area contributed by atoms with Gasteiger partial charge in [0.1, 0.15) is 5.52 Å². The summed E-state index contributed by atoms with van der Waals surface area (Å²) in [6.45, 7) is 7.03. The number of anilines is 1. The molecule has 0 radical (unpaired) electrons. The highest BCUT2D eigenvalue weighted by Gasteiger charge is 2.24. The van der Waals surface area contributed by atoms with Crippen molar-refractivity contribution in [2.24, 2.45) is 0 Å². The van der Waals surface area contributed by atoms with Crippen LogP contribution in [0.2, 0.25) is 5.15 Å². The predicted octanol–water partition coefficient (Wildman–Crippen LogP) is 3.86. The van der Waals surface area contributed by atoms with E-state index in [2.05, 4.69) is 21.4 Å². The summed E-state index contributed by atoms with van der Waals surface area (Å²) in [5, 5.41) is 11.8. The molecule has 3 rings (SSSR count). The lowest BCUT2D eigenvalue weighted by Crippen LogP contribution is -2.29. The van der Waals surface area contributed by atoms with Crippen LogP contribution in [0.3, 0.4) is 0 Å². The number of nitrogens with zero attached hydrogens (tertiary/aromatic N) is 4. The average Bonchev–Trinajstić information content (AvgIpc) is 2.86. The van der Waals surface area contributed by atoms with Crippen LogP contribution in [0.25, 0.3) is 21.9 Å². The standard InChI is InChI=1S/C18H23ClN4O/c1-5-10-22(4)17-21-14-15(23(17)11-18(2,3)24)12-8-6-7-9-13(12)20-16(14)19/h6-9,24H,5,10-11H2,1-4H3. The highest BCUT2D eigenvalue weighted by Crippen LogP contribution is 2.33. The van der Waals surface area contributed by atoms with E-state index >= 15 is 0 Å². The van der Waals surface area contributed by atoms with Crippen LogP contribution in [-0.4, -0.2) is 38.8 Å². The van der Waals surface area contributed by atoms with Crippen LogP contribution < -0.4 is 4.90 Å². The summed E-state index contributed by atoms with van der Waals surface area (Å²) in [6, 6.07) is 7.89. The third-order valence-electron chi connectivity index (χ3n) is 3.97. The Morgan fingerprint density at radius 1 is 1.25 bits per heavy atom. The molecule has 0 spiro atoms. The van der Waals surface area contributed by atoms with E-state index in [0.29, 0.717) is 17.2 Å². The number of imidazole rings is 1. The van der Waals surface area contributed by atoms with E-state index in [-0.39, 0.29) is 0 Å². The van der Waals surface area contributed by atoms with Gasteiger partial charge < -0.3 is 14.6 Å². The first-order valence-electron chi connectivity index (χ1n) is 8.20. The number of para-hydroxylation sites is 1. The van der Waals surface area contributed by atoms with Gasteiger partial charge in [0.15, 0.2) is 5.15 Å². The van der Waals surface area contributed by atoms with Crippen LogP contribution >= 0.6 is 11.6 Å². The van der Waals surface area contributed by atoms with E-state index in [1.54, 1.807) is 13.8 Å². The maximum Gasteiger partial charge on any atom is 0.206 e. The Labute approximate surface area is 146 Å². The summed E-state index contributed by atoms with van der Waals surface area (Å²) in [5.41, 5.74) is 1.56. The quantitative estimate of drug-likeness (QED) is 0.713. The fraction of sp³-hybridized carbons (Fsp3) is 0.444. The summed E-state index contributed by atoms with van der Waals surface area (Å²) in [7, 11) is 2.01. The molecule has 0 fully saturated rings. The molecule has 2 aromatic heterocycles. The molecule has 5 nitrogen and oxygen atoms in total. The van der Waals surface area contributed by atoms with Gasteiger partial charge in [-0.15, -0.1) is 0 Å². The van der Waals surface area contributed by atoms with Crippen LogP contribution in [0.1, 0.15) is 27.2 Å². The van der Waals surface area contributed by atoms with Crippen LogP contribution in [0.15, 0.2) is 24.3 Å². The zero-order valence-electron chi connectivity index (χ0n) is 14.5. The van der Waals surface area contributed by atoms with Gasteiger partial charge in [-0.25, -0.2) is 9.97 Å². The molecule has 0 saturated carbocycles. The number of hydrogen-bond donors (Lipinski definition) is 1. The summed E-state index contributed by atoms with van der Waals surface area (Å²) < 4.78 is 2.06. The van der Waals surface area contributed by atoms with Gasteiger partial charge in [-0.3, -0.25) is 0 Å². The second-order valence-electron chi connectivity index (χ2n) is 6.85. The Morgan fingerprint density at radius 3 is 2.62 bits per heavy atom. The van der Waals surface area contributed by atoms with Gasteiger partial charge in [-0.2, -0.15) is 0 Å². The Morgan fingerprint density at radius 2 is 1.96 bits per heavy atom. The van der Waals surface area contributed by atoms with Gasteiger partial charge in [0.25, 0.3) is 0 Å². The maximum atomic E-state index is 10.4. The van der Waals surface area contributed by atoms with E-state index in [9.17, 15) is 5.11 Å². The van der Waals surface area contributed by atoms with Crippen molar-refractivity contribution >= 4 is 39.5 Å². The average molecular weight is 347 g/mol. The SMILES string of the molecule is CCCN(C)c1nc2c(Cl)nc3ccccc3c2n1CC(C)(C)O. The highest BCUT2D eigenvalue weighted by molar-refractivity contribution is 6.35. The molecule has 0 atom stereocenters. The van der Waals surface area contributed by atoms with Gasteiger partial charge >= 0.3 is 0 Å². The molecule has 128 valence electrons. The normalized spacial score (nSPS) is 12.2. The van der Waals surface area contributed by atoms with Crippen molar-refractivity contribution in [3.05, 3.63) is 29.4 Å². The predicted molar refractivity (Wildman–Crippen MR) is 99.9 cm³/mol. The first kappa shape index (κ1) is 17.0. The molecule has 0 unspecified atom stereocenters. The Hall–Kier alpha value is -1.85. The number of aliphatic hydroxyl groups is 1. The van der Waals surface area contributed by atoms with E-state index in [1.807, 2.05) is 31.3 Å². The molecule has 2 heterocycles. The molecule has 24 heavy (non-hydrogen) atoms. The Balaban J connectivity index is 2.37. The van der Waals surface area contributed by atoms with Crippen LogP contribution in [0, 0.1) is 0 Å². The first-order chi connectivity index (χ1) is 11.3. The van der Waals surface area contributed by atoms with Crippen LogP contribution in [0.5, 0.6) is 0 Å². The molecule has 0 bridgehead atoms. The molecule has 6 heteroatoms. The van der Waals surface area contributed by atoms with E-state index in [4.69, 9.17) is 16.6 Å². The third-order valence-corrected chi connectivity index (χ3v) is 4.23. The lowest BCUT2D eigenvalue weighted by Gasteiger charge is -2.24. The molecule has 0 saturated heterocycles. The number of rotatable bonds is 5. The fourth-order valence-electron chi connectivity index (χ4n) is 3.05. The Bertz CT molecular complexity index is 882. The molecule has 3 aromatic rings. The van der Waals surface area contributed by atoms with Crippen LogP contribution in [-0.2, 0) is 6.54 Å². The summed E-state index contributed by atoms with van der Waals surface area (Å²) in [6.07, 6.45) is 1.01. The van der Waals surface area contributed by atoms with Crippen molar-refractivity contribution in [1.29, 1.82) is 0 Å². The number of pyridine rings is 1. The van der Waals surface area contributed by atoms with Gasteiger partial charge in [0, 0.05) is 19.0 Å². The number of benzene rings is 1. The molecule has 1 N–H and O–H groups in total. The van der Waals surface area contributed by atoms with Gasteiger partial charge in [-0.05, 0) is 26.3 Å².